The minimum absolute atomic E-state index is 0.0625. The normalized spacial score (nSPS) is 12.0. The Hall–Kier alpha value is -4.18. The van der Waals surface area contributed by atoms with Gasteiger partial charge in [0.2, 0.25) is 11.8 Å². The van der Waals surface area contributed by atoms with Crippen molar-refractivity contribution < 1.29 is 4.42 Å². The first-order chi connectivity index (χ1) is 17.0. The van der Waals surface area contributed by atoms with Gasteiger partial charge in [-0.05, 0) is 51.9 Å². The number of hydrogen-bond donors (Lipinski definition) is 1. The smallest absolute Gasteiger partial charge is 0.247 e. The molecule has 0 amide bonds. The van der Waals surface area contributed by atoms with Crippen molar-refractivity contribution in [1.82, 2.24) is 15.2 Å². The van der Waals surface area contributed by atoms with Crippen LogP contribution in [0.25, 0.3) is 44.4 Å². The summed E-state index contributed by atoms with van der Waals surface area (Å²) >= 11 is 0. The van der Waals surface area contributed by atoms with Crippen molar-refractivity contribution in [3.8, 4) is 22.6 Å². The highest BCUT2D eigenvalue weighted by Crippen LogP contribution is 2.35. The molecule has 0 saturated heterocycles. The minimum atomic E-state index is 0.0625. The zero-order chi connectivity index (χ0) is 24.0. The maximum absolute atomic E-state index is 6.08. The van der Waals surface area contributed by atoms with Gasteiger partial charge < -0.3 is 9.40 Å². The SMILES string of the molecule is CC(C)(C)c1cccc(-c2nnc(Cc3cccc(-c4cccc5[nH]c6ccccc6c45)c3)o2)c1. The summed E-state index contributed by atoms with van der Waals surface area (Å²) in [7, 11) is 0. The van der Waals surface area contributed by atoms with E-state index in [1.807, 2.05) is 6.07 Å². The molecule has 0 unspecified atom stereocenters. The van der Waals surface area contributed by atoms with Gasteiger partial charge in [0.15, 0.2) is 0 Å². The van der Waals surface area contributed by atoms with Crippen LogP contribution >= 0.6 is 0 Å². The minimum Gasteiger partial charge on any atom is -0.420 e. The van der Waals surface area contributed by atoms with Gasteiger partial charge in [-0.1, -0.05) is 87.5 Å². The average molecular weight is 458 g/mol. The molecule has 0 radical (unpaired) electrons. The Kier molecular flexibility index (Phi) is 5.03. The molecule has 2 aromatic heterocycles. The lowest BCUT2D eigenvalue weighted by molar-refractivity contribution is 0.517. The quantitative estimate of drug-likeness (QED) is 0.292. The van der Waals surface area contributed by atoms with Crippen molar-refractivity contribution >= 4 is 21.8 Å². The van der Waals surface area contributed by atoms with Gasteiger partial charge in [-0.2, -0.15) is 0 Å². The summed E-state index contributed by atoms with van der Waals surface area (Å²) in [6.07, 6.45) is 0.587. The van der Waals surface area contributed by atoms with Crippen LogP contribution in [0.15, 0.2) is 95.4 Å². The first kappa shape index (κ1) is 21.4. The van der Waals surface area contributed by atoms with Crippen LogP contribution in [-0.2, 0) is 11.8 Å². The van der Waals surface area contributed by atoms with E-state index in [1.54, 1.807) is 0 Å². The third kappa shape index (κ3) is 4.01. The molecule has 0 atom stereocenters. The van der Waals surface area contributed by atoms with Crippen molar-refractivity contribution in [3.63, 3.8) is 0 Å². The van der Waals surface area contributed by atoms with E-state index in [2.05, 4.69) is 121 Å². The van der Waals surface area contributed by atoms with Crippen LogP contribution in [0, 0.1) is 0 Å². The third-order valence-electron chi connectivity index (χ3n) is 6.57. The van der Waals surface area contributed by atoms with Crippen LogP contribution in [0.4, 0.5) is 0 Å². The van der Waals surface area contributed by atoms with E-state index in [1.165, 1.54) is 27.5 Å². The molecule has 1 N–H and O–H groups in total. The zero-order valence-corrected chi connectivity index (χ0v) is 20.2. The molecule has 0 aliphatic rings. The third-order valence-corrected chi connectivity index (χ3v) is 6.57. The van der Waals surface area contributed by atoms with E-state index in [0.717, 1.165) is 22.2 Å². The predicted molar refractivity (Wildman–Crippen MR) is 142 cm³/mol. The maximum Gasteiger partial charge on any atom is 0.247 e. The van der Waals surface area contributed by atoms with Crippen LogP contribution in [0.5, 0.6) is 0 Å². The fourth-order valence-corrected chi connectivity index (χ4v) is 4.73. The van der Waals surface area contributed by atoms with E-state index in [4.69, 9.17) is 4.42 Å². The fraction of sp³-hybridized carbons (Fsp3) is 0.161. The summed E-state index contributed by atoms with van der Waals surface area (Å²) in [6, 6.07) is 31.8. The summed E-state index contributed by atoms with van der Waals surface area (Å²) in [4.78, 5) is 3.54. The number of nitrogens with zero attached hydrogens (tertiary/aromatic N) is 2. The van der Waals surface area contributed by atoms with Crippen LogP contribution < -0.4 is 0 Å². The van der Waals surface area contributed by atoms with Crippen molar-refractivity contribution in [2.45, 2.75) is 32.6 Å². The van der Waals surface area contributed by atoms with E-state index in [9.17, 15) is 0 Å². The maximum atomic E-state index is 6.08. The number of H-pyrrole nitrogens is 1. The molecule has 0 saturated carbocycles. The molecule has 172 valence electrons. The summed E-state index contributed by atoms with van der Waals surface area (Å²) in [5.41, 5.74) is 8.09. The van der Waals surface area contributed by atoms with Gasteiger partial charge in [0.05, 0.1) is 6.42 Å². The standard InChI is InChI=1S/C31H27N3O/c1-31(2,3)23-12-7-11-22(19-23)30-34-33-28(35-30)18-20-9-6-10-21(17-20)24-14-8-16-27-29(24)25-13-4-5-15-26(25)32-27/h4-17,19,32H,18H2,1-3H3. The molecule has 0 bridgehead atoms. The molecule has 0 aliphatic carbocycles. The molecular formula is C31H27N3O. The first-order valence-corrected chi connectivity index (χ1v) is 12.0. The molecule has 6 rings (SSSR count). The number of fused-ring (bicyclic) bond motifs is 3. The van der Waals surface area contributed by atoms with E-state index < -0.39 is 0 Å². The molecular weight excluding hydrogens is 430 g/mol. The van der Waals surface area contributed by atoms with Gasteiger partial charge in [0, 0.05) is 27.4 Å². The van der Waals surface area contributed by atoms with Crippen LogP contribution in [0.1, 0.15) is 37.8 Å². The molecule has 4 nitrogen and oxygen atoms in total. The first-order valence-electron chi connectivity index (χ1n) is 12.0. The second-order valence-corrected chi connectivity index (χ2v) is 10.1. The predicted octanol–water partition coefficient (Wildman–Crippen LogP) is 7.93. The summed E-state index contributed by atoms with van der Waals surface area (Å²) in [5, 5.41) is 11.2. The lowest BCUT2D eigenvalue weighted by Gasteiger charge is -2.19. The van der Waals surface area contributed by atoms with Crippen LogP contribution in [0.2, 0.25) is 0 Å². The highest BCUT2D eigenvalue weighted by molar-refractivity contribution is 6.14. The van der Waals surface area contributed by atoms with Crippen molar-refractivity contribution in [3.05, 3.63) is 108 Å². The Morgan fingerprint density at radius 3 is 2.40 bits per heavy atom. The Balaban J connectivity index is 1.32. The summed E-state index contributed by atoms with van der Waals surface area (Å²) in [6.45, 7) is 6.61. The van der Waals surface area contributed by atoms with Gasteiger partial charge in [-0.3, -0.25) is 0 Å². The summed E-state index contributed by atoms with van der Waals surface area (Å²) in [5.74, 6) is 1.18. The second-order valence-electron chi connectivity index (χ2n) is 10.1. The lowest BCUT2D eigenvalue weighted by Crippen LogP contribution is -2.10. The monoisotopic (exact) mass is 457 g/mol. The highest BCUT2D eigenvalue weighted by Gasteiger charge is 2.17. The number of rotatable bonds is 4. The topological polar surface area (TPSA) is 54.7 Å². The fourth-order valence-electron chi connectivity index (χ4n) is 4.73. The largest absolute Gasteiger partial charge is 0.420 e. The number of hydrogen-bond acceptors (Lipinski definition) is 3. The number of nitrogens with one attached hydrogen (secondary N) is 1. The Labute approximate surface area is 204 Å². The lowest BCUT2D eigenvalue weighted by atomic mass is 9.86. The Morgan fingerprint density at radius 1 is 0.743 bits per heavy atom. The van der Waals surface area contributed by atoms with Gasteiger partial charge in [-0.15, -0.1) is 10.2 Å². The van der Waals surface area contributed by atoms with Gasteiger partial charge >= 0.3 is 0 Å². The van der Waals surface area contributed by atoms with Crippen molar-refractivity contribution in [2.75, 3.05) is 0 Å². The average Bonchev–Trinajstić information content (AvgIpc) is 3.48. The van der Waals surface area contributed by atoms with E-state index in [-0.39, 0.29) is 5.41 Å². The molecule has 0 aliphatic heterocycles. The number of aromatic amines is 1. The Bertz CT molecular complexity index is 1670. The van der Waals surface area contributed by atoms with Gasteiger partial charge in [0.1, 0.15) is 0 Å². The molecule has 2 heterocycles. The van der Waals surface area contributed by atoms with Crippen LogP contribution in [-0.4, -0.2) is 15.2 Å². The highest BCUT2D eigenvalue weighted by atomic mass is 16.4. The van der Waals surface area contributed by atoms with E-state index in [0.29, 0.717) is 18.2 Å². The zero-order valence-electron chi connectivity index (χ0n) is 20.2. The molecule has 35 heavy (non-hydrogen) atoms. The van der Waals surface area contributed by atoms with Crippen LogP contribution in [0.3, 0.4) is 0 Å². The molecule has 4 heteroatoms. The van der Waals surface area contributed by atoms with Crippen molar-refractivity contribution in [2.24, 2.45) is 0 Å². The number of benzene rings is 4. The van der Waals surface area contributed by atoms with Gasteiger partial charge in [-0.25, -0.2) is 0 Å². The molecule has 0 spiro atoms. The molecule has 0 fully saturated rings. The number of para-hydroxylation sites is 1. The molecule has 4 aromatic carbocycles. The van der Waals surface area contributed by atoms with Gasteiger partial charge in [0.25, 0.3) is 0 Å². The number of aromatic nitrogens is 3. The summed E-state index contributed by atoms with van der Waals surface area (Å²) < 4.78 is 6.08. The van der Waals surface area contributed by atoms with E-state index >= 15 is 0 Å². The molecule has 6 aromatic rings. The van der Waals surface area contributed by atoms with Crippen molar-refractivity contribution in [1.29, 1.82) is 0 Å². The second kappa shape index (κ2) is 8.24. The Morgan fingerprint density at radius 2 is 1.51 bits per heavy atom.